The average molecular weight is 219 g/mol. The van der Waals surface area contributed by atoms with Crippen molar-refractivity contribution in [3.05, 3.63) is 46.2 Å². The first-order valence-electron chi connectivity index (χ1n) is 4.39. The average Bonchev–Trinajstić information content (AvgIpc) is 2.71. The fourth-order valence-corrected chi connectivity index (χ4v) is 1.91. The highest BCUT2D eigenvalue weighted by Gasteiger charge is 2.09. The second-order valence-electron chi connectivity index (χ2n) is 2.96. The molecule has 0 fully saturated rings. The van der Waals surface area contributed by atoms with Crippen LogP contribution in [0.15, 0.2) is 29.9 Å². The van der Waals surface area contributed by atoms with Gasteiger partial charge in [-0.25, -0.2) is 4.98 Å². The molecule has 0 atom stereocenters. The van der Waals surface area contributed by atoms with Crippen LogP contribution in [-0.2, 0) is 6.42 Å². The van der Waals surface area contributed by atoms with Crippen molar-refractivity contribution >= 4 is 17.2 Å². The number of nitrogens with two attached hydrogens (primary N) is 1. The van der Waals surface area contributed by atoms with E-state index in [-0.39, 0.29) is 0 Å². The zero-order chi connectivity index (χ0) is 10.7. The van der Waals surface area contributed by atoms with Gasteiger partial charge < -0.3 is 5.73 Å². The lowest BCUT2D eigenvalue weighted by atomic mass is 10.1. The van der Waals surface area contributed by atoms with E-state index in [1.54, 1.807) is 24.5 Å². The predicted molar refractivity (Wildman–Crippen MR) is 57.7 cm³/mol. The third kappa shape index (κ3) is 2.19. The summed E-state index contributed by atoms with van der Waals surface area (Å²) in [6, 6.07) is 3.38. The zero-order valence-corrected chi connectivity index (χ0v) is 8.70. The summed E-state index contributed by atoms with van der Waals surface area (Å²) in [4.78, 5) is 19.4. The van der Waals surface area contributed by atoms with Crippen molar-refractivity contribution in [1.82, 2.24) is 9.97 Å². The number of primary amides is 1. The lowest BCUT2D eigenvalue weighted by Crippen LogP contribution is -2.14. The molecular weight excluding hydrogens is 210 g/mol. The third-order valence-corrected chi connectivity index (χ3v) is 2.74. The van der Waals surface area contributed by atoms with Crippen molar-refractivity contribution in [3.63, 3.8) is 0 Å². The molecule has 0 aliphatic heterocycles. The highest BCUT2D eigenvalue weighted by molar-refractivity contribution is 7.09. The molecule has 2 N–H and O–H groups in total. The lowest BCUT2D eigenvalue weighted by Gasteiger charge is -2.02. The van der Waals surface area contributed by atoms with Gasteiger partial charge in [0.1, 0.15) is 0 Å². The summed E-state index contributed by atoms with van der Waals surface area (Å²) < 4.78 is 0. The van der Waals surface area contributed by atoms with Crippen molar-refractivity contribution in [2.45, 2.75) is 6.42 Å². The van der Waals surface area contributed by atoms with Gasteiger partial charge >= 0.3 is 0 Å². The van der Waals surface area contributed by atoms with E-state index in [9.17, 15) is 4.79 Å². The number of pyridine rings is 1. The minimum absolute atomic E-state index is 0.449. The van der Waals surface area contributed by atoms with Crippen molar-refractivity contribution in [2.75, 3.05) is 0 Å². The van der Waals surface area contributed by atoms with Gasteiger partial charge in [-0.1, -0.05) is 0 Å². The Morgan fingerprint density at radius 1 is 1.40 bits per heavy atom. The zero-order valence-electron chi connectivity index (χ0n) is 7.88. The molecule has 0 aromatic carbocycles. The van der Waals surface area contributed by atoms with E-state index in [0.29, 0.717) is 17.7 Å². The van der Waals surface area contributed by atoms with Gasteiger partial charge in [-0.3, -0.25) is 9.78 Å². The van der Waals surface area contributed by atoms with Crippen LogP contribution >= 0.6 is 11.3 Å². The lowest BCUT2D eigenvalue weighted by molar-refractivity contribution is 0.0999. The summed E-state index contributed by atoms with van der Waals surface area (Å²) in [5.41, 5.74) is 6.39. The molecule has 0 aliphatic carbocycles. The summed E-state index contributed by atoms with van der Waals surface area (Å²) >= 11 is 1.53. The predicted octanol–water partition coefficient (Wildman–Crippen LogP) is 1.23. The Morgan fingerprint density at radius 2 is 2.27 bits per heavy atom. The molecule has 76 valence electrons. The van der Waals surface area contributed by atoms with Gasteiger partial charge in [0, 0.05) is 24.2 Å². The monoisotopic (exact) mass is 219 g/mol. The molecule has 0 unspecified atom stereocenters. The first kappa shape index (κ1) is 9.79. The minimum Gasteiger partial charge on any atom is -0.366 e. The van der Waals surface area contributed by atoms with Gasteiger partial charge in [0.25, 0.3) is 5.91 Å². The van der Waals surface area contributed by atoms with Crippen LogP contribution in [0, 0.1) is 0 Å². The molecule has 2 aromatic heterocycles. The van der Waals surface area contributed by atoms with E-state index in [4.69, 9.17) is 5.73 Å². The van der Waals surface area contributed by atoms with Gasteiger partial charge in [-0.05, 0) is 12.1 Å². The van der Waals surface area contributed by atoms with Gasteiger partial charge in [0.15, 0.2) is 0 Å². The van der Waals surface area contributed by atoms with Crippen molar-refractivity contribution in [2.24, 2.45) is 5.73 Å². The molecule has 2 aromatic rings. The maximum atomic E-state index is 11.1. The first-order chi connectivity index (χ1) is 7.27. The fraction of sp³-hybridized carbons (Fsp3) is 0.100. The molecule has 0 bridgehead atoms. The van der Waals surface area contributed by atoms with E-state index in [1.165, 1.54) is 11.3 Å². The van der Waals surface area contributed by atoms with Crippen molar-refractivity contribution in [1.29, 1.82) is 0 Å². The van der Waals surface area contributed by atoms with Crippen LogP contribution in [-0.4, -0.2) is 15.9 Å². The molecule has 0 spiro atoms. The summed E-state index contributed by atoms with van der Waals surface area (Å²) in [5, 5.41) is 2.82. The molecule has 0 saturated heterocycles. The molecule has 0 radical (unpaired) electrons. The largest absolute Gasteiger partial charge is 0.366 e. The van der Waals surface area contributed by atoms with Crippen LogP contribution in [0.4, 0.5) is 0 Å². The Morgan fingerprint density at radius 3 is 2.93 bits per heavy atom. The number of nitrogens with zero attached hydrogens (tertiary/aromatic N) is 2. The molecule has 2 rings (SSSR count). The number of thiazole rings is 1. The molecule has 15 heavy (non-hydrogen) atoms. The van der Waals surface area contributed by atoms with Crippen LogP contribution in [0.3, 0.4) is 0 Å². The number of amides is 1. The normalized spacial score (nSPS) is 10.1. The number of hydrogen-bond acceptors (Lipinski definition) is 4. The topological polar surface area (TPSA) is 68.9 Å². The highest BCUT2D eigenvalue weighted by Crippen LogP contribution is 2.13. The number of hydrogen-bond donors (Lipinski definition) is 1. The van der Waals surface area contributed by atoms with Gasteiger partial charge in [-0.2, -0.15) is 0 Å². The van der Waals surface area contributed by atoms with Crippen LogP contribution in [0.2, 0.25) is 0 Å². The maximum absolute atomic E-state index is 11.1. The molecule has 0 saturated carbocycles. The minimum atomic E-state index is -0.449. The summed E-state index contributed by atoms with van der Waals surface area (Å²) in [7, 11) is 0. The van der Waals surface area contributed by atoms with E-state index in [1.807, 2.05) is 5.38 Å². The van der Waals surface area contributed by atoms with E-state index in [2.05, 4.69) is 9.97 Å². The number of carbonyl (C=O) groups excluding carboxylic acids is 1. The first-order valence-corrected chi connectivity index (χ1v) is 5.27. The molecule has 0 aliphatic rings. The second kappa shape index (κ2) is 4.18. The number of rotatable bonds is 3. The number of carbonyl (C=O) groups is 1. The maximum Gasteiger partial charge on any atom is 0.250 e. The highest BCUT2D eigenvalue weighted by atomic mass is 32.1. The van der Waals surface area contributed by atoms with Crippen molar-refractivity contribution in [3.8, 4) is 0 Å². The van der Waals surface area contributed by atoms with Crippen LogP contribution < -0.4 is 5.73 Å². The number of aromatic nitrogens is 2. The Labute approximate surface area is 90.8 Å². The molecule has 5 heteroatoms. The van der Waals surface area contributed by atoms with Crippen LogP contribution in [0.5, 0.6) is 0 Å². The Balaban J connectivity index is 2.32. The Bertz CT molecular complexity index is 467. The Hall–Kier alpha value is -1.75. The summed E-state index contributed by atoms with van der Waals surface area (Å²) in [5.74, 6) is -0.449. The van der Waals surface area contributed by atoms with Gasteiger partial charge in [-0.15, -0.1) is 11.3 Å². The third-order valence-electron chi connectivity index (χ3n) is 1.96. The van der Waals surface area contributed by atoms with E-state index in [0.717, 1.165) is 5.01 Å². The smallest absolute Gasteiger partial charge is 0.250 e. The quantitative estimate of drug-likeness (QED) is 0.844. The molecule has 1 amide bonds. The standard InChI is InChI=1S/C10H9N3OS/c11-10(14)7-2-1-3-12-8(7)6-9-13-4-5-15-9/h1-5H,6H2,(H2,11,14). The van der Waals surface area contributed by atoms with Crippen molar-refractivity contribution < 1.29 is 4.79 Å². The second-order valence-corrected chi connectivity index (χ2v) is 3.94. The van der Waals surface area contributed by atoms with Crippen LogP contribution in [0.25, 0.3) is 0 Å². The summed E-state index contributed by atoms with van der Waals surface area (Å²) in [6.45, 7) is 0. The van der Waals surface area contributed by atoms with E-state index < -0.39 is 5.91 Å². The fourth-order valence-electron chi connectivity index (χ4n) is 1.29. The molecule has 4 nitrogen and oxygen atoms in total. The summed E-state index contributed by atoms with van der Waals surface area (Å²) in [6.07, 6.45) is 3.93. The molecular formula is C10H9N3OS. The van der Waals surface area contributed by atoms with Gasteiger partial charge in [0.05, 0.1) is 16.3 Å². The van der Waals surface area contributed by atoms with Gasteiger partial charge in [0.2, 0.25) is 0 Å². The Kier molecular flexibility index (Phi) is 2.73. The van der Waals surface area contributed by atoms with Crippen LogP contribution in [0.1, 0.15) is 21.1 Å². The SMILES string of the molecule is NC(=O)c1cccnc1Cc1nccs1. The van der Waals surface area contributed by atoms with E-state index >= 15 is 0 Å². The molecule has 2 heterocycles.